The molecule has 0 saturated carbocycles. The second kappa shape index (κ2) is 5.58. The molecule has 7 nitrogen and oxygen atoms in total. The normalized spacial score (nSPS) is 18.2. The zero-order valence-corrected chi connectivity index (χ0v) is 13.3. The fourth-order valence-electron chi connectivity index (χ4n) is 3.03. The second-order valence-corrected chi connectivity index (χ2v) is 6.05. The highest BCUT2D eigenvalue weighted by atomic mass is 15.4. The van der Waals surface area contributed by atoms with E-state index >= 15 is 0 Å². The number of likely N-dealkylation sites (N-methyl/N-ethyl adjacent to an activating group) is 1. The van der Waals surface area contributed by atoms with Gasteiger partial charge >= 0.3 is 0 Å². The summed E-state index contributed by atoms with van der Waals surface area (Å²) in [6.45, 7) is 1.95. The molecule has 0 aromatic carbocycles. The molecule has 1 fully saturated rings. The summed E-state index contributed by atoms with van der Waals surface area (Å²) in [7, 11) is 4.24. The lowest BCUT2D eigenvalue weighted by Gasteiger charge is -2.20. The van der Waals surface area contributed by atoms with E-state index in [4.69, 9.17) is 4.98 Å². The Morgan fingerprint density at radius 3 is 2.91 bits per heavy atom. The van der Waals surface area contributed by atoms with Gasteiger partial charge in [-0.15, -0.1) is 0 Å². The van der Waals surface area contributed by atoms with Crippen LogP contribution in [0, 0.1) is 0 Å². The van der Waals surface area contributed by atoms with Crippen molar-refractivity contribution >= 4 is 11.5 Å². The van der Waals surface area contributed by atoms with Gasteiger partial charge in [-0.3, -0.25) is 0 Å². The van der Waals surface area contributed by atoms with E-state index < -0.39 is 0 Å². The number of nitrogens with zero attached hydrogens (tertiary/aromatic N) is 7. The minimum Gasteiger partial charge on any atom is -0.339 e. The van der Waals surface area contributed by atoms with Gasteiger partial charge in [0.05, 0.1) is 17.4 Å². The van der Waals surface area contributed by atoms with Gasteiger partial charge in [0.15, 0.2) is 0 Å². The van der Waals surface area contributed by atoms with Crippen LogP contribution < -0.4 is 4.90 Å². The summed E-state index contributed by atoms with van der Waals surface area (Å²) in [6, 6.07) is 6.38. The molecule has 7 heteroatoms. The number of anilines is 1. The van der Waals surface area contributed by atoms with Crippen LogP contribution in [0.2, 0.25) is 0 Å². The van der Waals surface area contributed by atoms with Gasteiger partial charge in [0.2, 0.25) is 5.95 Å². The second-order valence-electron chi connectivity index (χ2n) is 6.05. The molecule has 0 amide bonds. The van der Waals surface area contributed by atoms with Crippen LogP contribution in [0.3, 0.4) is 0 Å². The number of rotatable bonds is 3. The predicted molar refractivity (Wildman–Crippen MR) is 88.3 cm³/mol. The van der Waals surface area contributed by atoms with Crippen LogP contribution in [0.4, 0.5) is 5.95 Å². The third kappa shape index (κ3) is 2.53. The first kappa shape index (κ1) is 14.1. The lowest BCUT2D eigenvalue weighted by atomic mass is 10.2. The zero-order valence-electron chi connectivity index (χ0n) is 13.3. The summed E-state index contributed by atoms with van der Waals surface area (Å²) in [5, 5.41) is 8.49. The number of hydrogen-bond acceptors (Lipinski definition) is 6. The largest absolute Gasteiger partial charge is 0.339 e. The Morgan fingerprint density at radius 2 is 2.09 bits per heavy atom. The molecule has 1 saturated heterocycles. The van der Waals surface area contributed by atoms with Crippen LogP contribution in [0.25, 0.3) is 16.8 Å². The van der Waals surface area contributed by atoms with Crippen molar-refractivity contribution < 1.29 is 0 Å². The highest BCUT2D eigenvalue weighted by Crippen LogP contribution is 2.25. The van der Waals surface area contributed by atoms with Gasteiger partial charge in [-0.25, -0.2) is 9.97 Å². The van der Waals surface area contributed by atoms with Gasteiger partial charge in [-0.2, -0.15) is 14.8 Å². The number of fused-ring (bicyclic) bond motifs is 1. The van der Waals surface area contributed by atoms with E-state index in [1.807, 2.05) is 24.4 Å². The van der Waals surface area contributed by atoms with Gasteiger partial charge in [0, 0.05) is 37.1 Å². The molecule has 0 radical (unpaired) electrons. The fraction of sp³-hybridized carbons (Fsp3) is 0.375. The van der Waals surface area contributed by atoms with Gasteiger partial charge in [0.1, 0.15) is 0 Å². The molecule has 118 valence electrons. The predicted octanol–water partition coefficient (Wildman–Crippen LogP) is 1.33. The molecule has 23 heavy (non-hydrogen) atoms. The third-order valence-corrected chi connectivity index (χ3v) is 4.40. The summed E-state index contributed by atoms with van der Waals surface area (Å²) in [5.41, 5.74) is 2.81. The van der Waals surface area contributed by atoms with E-state index in [0.29, 0.717) is 6.04 Å². The molecule has 0 N–H and O–H groups in total. The van der Waals surface area contributed by atoms with Crippen molar-refractivity contribution in [2.45, 2.75) is 12.5 Å². The highest BCUT2D eigenvalue weighted by Gasteiger charge is 2.26. The molecule has 3 aromatic rings. The third-order valence-electron chi connectivity index (χ3n) is 4.40. The average Bonchev–Trinajstić information content (AvgIpc) is 3.22. The summed E-state index contributed by atoms with van der Waals surface area (Å²) in [6.07, 6.45) is 6.49. The monoisotopic (exact) mass is 309 g/mol. The molecule has 4 rings (SSSR count). The number of hydrogen-bond donors (Lipinski definition) is 0. The van der Waals surface area contributed by atoms with E-state index in [-0.39, 0.29) is 0 Å². The minimum absolute atomic E-state index is 0.559. The smallest absolute Gasteiger partial charge is 0.225 e. The van der Waals surface area contributed by atoms with Crippen molar-refractivity contribution in [1.29, 1.82) is 0 Å². The lowest BCUT2D eigenvalue weighted by molar-refractivity contribution is 0.315. The summed E-state index contributed by atoms with van der Waals surface area (Å²) in [5.74, 6) is 0.787. The van der Waals surface area contributed by atoms with E-state index in [9.17, 15) is 0 Å². The quantitative estimate of drug-likeness (QED) is 0.727. The molecule has 1 atom stereocenters. The Balaban J connectivity index is 1.67. The Morgan fingerprint density at radius 1 is 1.17 bits per heavy atom. The maximum Gasteiger partial charge on any atom is 0.225 e. The Hall–Kier alpha value is -2.54. The standard InChI is InChI=1S/C16H19N7/c1-21(2)12-6-9-22(11-12)16-17-8-5-14(20-16)13-10-19-23-15(13)4-3-7-18-23/h3-5,7-8,10,12H,6,9,11H2,1-2H3. The summed E-state index contributed by atoms with van der Waals surface area (Å²) >= 11 is 0. The van der Waals surface area contributed by atoms with Crippen LogP contribution in [0.5, 0.6) is 0 Å². The summed E-state index contributed by atoms with van der Waals surface area (Å²) < 4.78 is 1.62. The van der Waals surface area contributed by atoms with Gasteiger partial charge < -0.3 is 9.80 Å². The summed E-state index contributed by atoms with van der Waals surface area (Å²) in [4.78, 5) is 13.7. The van der Waals surface area contributed by atoms with Crippen LogP contribution in [-0.4, -0.2) is 62.9 Å². The maximum atomic E-state index is 4.76. The van der Waals surface area contributed by atoms with E-state index in [1.54, 1.807) is 17.0 Å². The molecule has 1 unspecified atom stereocenters. The Bertz CT molecular complexity index is 826. The fourth-order valence-corrected chi connectivity index (χ4v) is 3.03. The number of aromatic nitrogens is 5. The Labute approximate surface area is 134 Å². The van der Waals surface area contributed by atoms with Gasteiger partial charge in [-0.1, -0.05) is 0 Å². The van der Waals surface area contributed by atoms with E-state index in [0.717, 1.165) is 42.2 Å². The molecular formula is C16H19N7. The van der Waals surface area contributed by atoms with E-state index in [1.165, 1.54) is 0 Å². The molecule has 3 aromatic heterocycles. The van der Waals surface area contributed by atoms with Crippen molar-refractivity contribution in [2.24, 2.45) is 0 Å². The average molecular weight is 309 g/mol. The molecule has 1 aliphatic rings. The van der Waals surface area contributed by atoms with Crippen molar-refractivity contribution in [1.82, 2.24) is 29.7 Å². The van der Waals surface area contributed by atoms with Crippen LogP contribution in [0.1, 0.15) is 6.42 Å². The van der Waals surface area contributed by atoms with E-state index in [2.05, 4.69) is 39.1 Å². The van der Waals surface area contributed by atoms with Crippen molar-refractivity contribution in [3.8, 4) is 11.3 Å². The van der Waals surface area contributed by atoms with Crippen molar-refractivity contribution in [2.75, 3.05) is 32.1 Å². The molecule has 0 spiro atoms. The van der Waals surface area contributed by atoms with Crippen LogP contribution in [0.15, 0.2) is 36.8 Å². The topological polar surface area (TPSA) is 62.5 Å². The zero-order chi connectivity index (χ0) is 15.8. The van der Waals surface area contributed by atoms with Gasteiger partial charge in [-0.05, 0) is 38.7 Å². The first-order chi connectivity index (χ1) is 11.2. The van der Waals surface area contributed by atoms with Crippen molar-refractivity contribution in [3.05, 3.63) is 36.8 Å². The molecule has 1 aliphatic heterocycles. The lowest BCUT2D eigenvalue weighted by Crippen LogP contribution is -2.32. The van der Waals surface area contributed by atoms with Gasteiger partial charge in [0.25, 0.3) is 0 Å². The first-order valence-electron chi connectivity index (χ1n) is 7.76. The Kier molecular flexibility index (Phi) is 3.42. The first-order valence-corrected chi connectivity index (χ1v) is 7.76. The highest BCUT2D eigenvalue weighted by molar-refractivity contribution is 5.77. The maximum absolute atomic E-state index is 4.76. The molecule has 4 heterocycles. The van der Waals surface area contributed by atoms with Crippen molar-refractivity contribution in [3.63, 3.8) is 0 Å². The molecule has 0 bridgehead atoms. The minimum atomic E-state index is 0.559. The van der Waals surface area contributed by atoms with Crippen LogP contribution in [-0.2, 0) is 0 Å². The van der Waals surface area contributed by atoms with Crippen LogP contribution >= 0.6 is 0 Å². The molecular weight excluding hydrogens is 290 g/mol. The molecule has 0 aliphatic carbocycles. The SMILES string of the molecule is CN(C)C1CCN(c2nccc(-c3cnn4ncccc34)n2)C1.